The molecule has 5 heteroatoms. The number of methoxy groups -OCH3 is 1. The highest BCUT2D eigenvalue weighted by Crippen LogP contribution is 2.17. The average Bonchev–Trinajstić information content (AvgIpc) is 2.26. The maximum Gasteiger partial charge on any atom is 0.357 e. The Labute approximate surface area is 87.5 Å². The number of nitrogen functional groups attached to an aromatic ring is 1. The van der Waals surface area contributed by atoms with Crippen molar-refractivity contribution < 1.29 is 14.3 Å². The predicted molar refractivity (Wildman–Crippen MR) is 55.7 cm³/mol. The van der Waals surface area contributed by atoms with Gasteiger partial charge in [-0.25, -0.2) is 9.78 Å². The minimum absolute atomic E-state index is 0.146. The third-order valence-corrected chi connectivity index (χ3v) is 1.62. The van der Waals surface area contributed by atoms with Crippen LogP contribution < -0.4 is 10.5 Å². The van der Waals surface area contributed by atoms with E-state index in [1.807, 2.05) is 0 Å². The highest BCUT2D eigenvalue weighted by Gasteiger charge is 2.11. The average molecular weight is 208 g/mol. The summed E-state index contributed by atoms with van der Waals surface area (Å²) < 4.78 is 9.68. The number of esters is 1. The van der Waals surface area contributed by atoms with Crippen molar-refractivity contribution in [3.8, 4) is 5.88 Å². The number of carbonyl (C=O) groups excluding carboxylic acids is 1. The molecule has 80 valence electrons. The fraction of sp³-hybridized carbons (Fsp3) is 0.200. The molecule has 5 nitrogen and oxygen atoms in total. The Bertz CT molecular complexity index is 377. The van der Waals surface area contributed by atoms with E-state index in [-0.39, 0.29) is 18.2 Å². The van der Waals surface area contributed by atoms with E-state index >= 15 is 0 Å². The molecule has 1 rings (SSSR count). The zero-order valence-corrected chi connectivity index (χ0v) is 8.40. The summed E-state index contributed by atoms with van der Waals surface area (Å²) in [4.78, 5) is 15.2. The summed E-state index contributed by atoms with van der Waals surface area (Å²) in [5, 5.41) is 0. The number of nitrogens with zero attached hydrogens (tertiary/aromatic N) is 1. The molecule has 0 saturated carbocycles. The normalized spacial score (nSPS) is 9.40. The van der Waals surface area contributed by atoms with Crippen molar-refractivity contribution in [1.82, 2.24) is 4.98 Å². The van der Waals surface area contributed by atoms with Gasteiger partial charge in [-0.1, -0.05) is 12.7 Å². The Morgan fingerprint density at radius 2 is 2.40 bits per heavy atom. The van der Waals surface area contributed by atoms with E-state index < -0.39 is 5.97 Å². The molecule has 0 bridgehead atoms. The van der Waals surface area contributed by atoms with Gasteiger partial charge in [0.2, 0.25) is 5.88 Å². The van der Waals surface area contributed by atoms with Crippen LogP contribution in [0, 0.1) is 0 Å². The minimum atomic E-state index is -0.534. The highest BCUT2D eigenvalue weighted by atomic mass is 16.5. The molecule has 0 aromatic carbocycles. The van der Waals surface area contributed by atoms with E-state index in [2.05, 4.69) is 11.6 Å². The van der Waals surface area contributed by atoms with Gasteiger partial charge in [0.05, 0.1) is 12.8 Å². The van der Waals surface area contributed by atoms with Crippen LogP contribution in [0.3, 0.4) is 0 Å². The van der Waals surface area contributed by atoms with Gasteiger partial charge in [0, 0.05) is 0 Å². The Balaban J connectivity index is 2.85. The van der Waals surface area contributed by atoms with Crippen LogP contribution in [-0.2, 0) is 4.74 Å². The van der Waals surface area contributed by atoms with Crippen molar-refractivity contribution in [3.05, 3.63) is 30.5 Å². The van der Waals surface area contributed by atoms with E-state index in [9.17, 15) is 4.79 Å². The first-order valence-corrected chi connectivity index (χ1v) is 4.27. The molecule has 0 aliphatic heterocycles. The third kappa shape index (κ3) is 2.70. The number of rotatable bonds is 4. The van der Waals surface area contributed by atoms with Crippen LogP contribution in [-0.4, -0.2) is 24.7 Å². The summed E-state index contributed by atoms with van der Waals surface area (Å²) in [6.45, 7) is 3.58. The topological polar surface area (TPSA) is 74.4 Å². The van der Waals surface area contributed by atoms with Crippen molar-refractivity contribution in [2.75, 3.05) is 19.5 Å². The molecule has 1 aromatic rings. The maximum atomic E-state index is 11.4. The number of hydrogen-bond donors (Lipinski definition) is 1. The van der Waals surface area contributed by atoms with Crippen LogP contribution in [0.15, 0.2) is 24.8 Å². The lowest BCUT2D eigenvalue weighted by atomic mass is 10.3. The van der Waals surface area contributed by atoms with Gasteiger partial charge in [-0.15, -0.1) is 0 Å². The first kappa shape index (κ1) is 11.0. The number of nitrogens with two attached hydrogens (primary N) is 1. The smallest absolute Gasteiger partial charge is 0.357 e. The van der Waals surface area contributed by atoms with Crippen LogP contribution in [0.4, 0.5) is 5.69 Å². The first-order valence-electron chi connectivity index (χ1n) is 4.27. The molecule has 2 N–H and O–H groups in total. The Morgan fingerprint density at radius 3 is 3.00 bits per heavy atom. The maximum absolute atomic E-state index is 11.4. The standard InChI is InChI=1S/C10H12N2O3/c1-3-6-15-10(13)8-5-4-7(11)9(12-8)14-2/h3-5H,1,6,11H2,2H3. The second-order valence-electron chi connectivity index (χ2n) is 2.68. The van der Waals surface area contributed by atoms with Gasteiger partial charge in [-0.05, 0) is 12.1 Å². The fourth-order valence-corrected chi connectivity index (χ4v) is 0.937. The molecule has 1 heterocycles. The van der Waals surface area contributed by atoms with Gasteiger partial charge in [0.1, 0.15) is 6.61 Å². The summed E-state index contributed by atoms with van der Waals surface area (Å²) in [6.07, 6.45) is 1.48. The summed E-state index contributed by atoms with van der Waals surface area (Å²) >= 11 is 0. The van der Waals surface area contributed by atoms with E-state index in [1.165, 1.54) is 25.3 Å². The lowest BCUT2D eigenvalue weighted by Crippen LogP contribution is -2.08. The molecule has 0 saturated heterocycles. The molecular weight excluding hydrogens is 196 g/mol. The number of hydrogen-bond acceptors (Lipinski definition) is 5. The molecule has 0 aliphatic carbocycles. The lowest BCUT2D eigenvalue weighted by Gasteiger charge is -2.05. The molecule has 0 spiro atoms. The van der Waals surface area contributed by atoms with Crippen molar-refractivity contribution in [3.63, 3.8) is 0 Å². The quantitative estimate of drug-likeness (QED) is 0.590. The highest BCUT2D eigenvalue weighted by molar-refractivity contribution is 5.87. The molecular formula is C10H12N2O3. The molecule has 0 unspecified atom stereocenters. The van der Waals surface area contributed by atoms with Crippen molar-refractivity contribution in [2.45, 2.75) is 0 Å². The summed E-state index contributed by atoms with van der Waals surface area (Å²) in [5.74, 6) is -0.323. The monoisotopic (exact) mass is 208 g/mol. The van der Waals surface area contributed by atoms with Gasteiger partial charge in [-0.3, -0.25) is 0 Å². The summed E-state index contributed by atoms with van der Waals surface area (Å²) in [6, 6.07) is 3.01. The van der Waals surface area contributed by atoms with Crippen LogP contribution in [0.25, 0.3) is 0 Å². The van der Waals surface area contributed by atoms with Crippen LogP contribution in [0.2, 0.25) is 0 Å². The Morgan fingerprint density at radius 1 is 1.67 bits per heavy atom. The third-order valence-electron chi connectivity index (χ3n) is 1.62. The van der Waals surface area contributed by atoms with Gasteiger partial charge in [0.25, 0.3) is 0 Å². The van der Waals surface area contributed by atoms with Gasteiger partial charge >= 0.3 is 5.97 Å². The zero-order chi connectivity index (χ0) is 11.3. The first-order chi connectivity index (χ1) is 7.19. The molecule has 0 radical (unpaired) electrons. The lowest BCUT2D eigenvalue weighted by molar-refractivity contribution is 0.0542. The van der Waals surface area contributed by atoms with E-state index in [0.29, 0.717) is 5.69 Å². The number of pyridine rings is 1. The molecule has 0 fully saturated rings. The van der Waals surface area contributed by atoms with Crippen LogP contribution >= 0.6 is 0 Å². The number of aromatic nitrogens is 1. The van der Waals surface area contributed by atoms with Gasteiger partial charge in [-0.2, -0.15) is 0 Å². The number of carbonyl (C=O) groups is 1. The zero-order valence-electron chi connectivity index (χ0n) is 8.40. The Kier molecular flexibility index (Phi) is 3.68. The van der Waals surface area contributed by atoms with Crippen molar-refractivity contribution >= 4 is 11.7 Å². The predicted octanol–water partition coefficient (Wildman–Crippen LogP) is 1.02. The van der Waals surface area contributed by atoms with Gasteiger partial charge < -0.3 is 15.2 Å². The largest absolute Gasteiger partial charge is 0.480 e. The SMILES string of the molecule is C=CCOC(=O)c1ccc(N)c(OC)n1. The molecule has 0 amide bonds. The minimum Gasteiger partial charge on any atom is -0.480 e. The molecule has 15 heavy (non-hydrogen) atoms. The van der Waals surface area contributed by atoms with E-state index in [1.54, 1.807) is 0 Å². The second-order valence-corrected chi connectivity index (χ2v) is 2.68. The fourth-order valence-electron chi connectivity index (χ4n) is 0.937. The molecule has 1 aromatic heterocycles. The van der Waals surface area contributed by atoms with Crippen LogP contribution in [0.1, 0.15) is 10.5 Å². The summed E-state index contributed by atoms with van der Waals surface area (Å²) in [5.41, 5.74) is 6.07. The van der Waals surface area contributed by atoms with Crippen LogP contribution in [0.5, 0.6) is 5.88 Å². The second kappa shape index (κ2) is 4.99. The molecule has 0 atom stereocenters. The number of ether oxygens (including phenoxy) is 2. The Hall–Kier alpha value is -2.04. The molecule has 0 aliphatic rings. The van der Waals surface area contributed by atoms with Crippen molar-refractivity contribution in [2.24, 2.45) is 0 Å². The summed E-state index contributed by atoms with van der Waals surface area (Å²) in [7, 11) is 1.43. The van der Waals surface area contributed by atoms with Gasteiger partial charge in [0.15, 0.2) is 5.69 Å². The van der Waals surface area contributed by atoms with E-state index in [0.717, 1.165) is 0 Å². The van der Waals surface area contributed by atoms with Crippen molar-refractivity contribution in [1.29, 1.82) is 0 Å². The number of anilines is 1. The van der Waals surface area contributed by atoms with E-state index in [4.69, 9.17) is 15.2 Å².